The number of phenols is 1. The third kappa shape index (κ3) is 2.59. The highest BCUT2D eigenvalue weighted by Gasteiger charge is 2.28. The van der Waals surface area contributed by atoms with Gasteiger partial charge in [0.2, 0.25) is 5.69 Å². The van der Waals surface area contributed by atoms with Crippen molar-refractivity contribution < 1.29 is 9.50 Å². The number of nitrogen functional groups attached to an aromatic ring is 1. The highest BCUT2D eigenvalue weighted by atomic mass is 19.1. The van der Waals surface area contributed by atoms with Gasteiger partial charge in [-0.05, 0) is 41.7 Å². The fourth-order valence-corrected chi connectivity index (χ4v) is 3.97. The number of aromatic nitrogens is 4. The zero-order valence-corrected chi connectivity index (χ0v) is 15.2. The van der Waals surface area contributed by atoms with Crippen LogP contribution in [0.5, 0.6) is 5.75 Å². The van der Waals surface area contributed by atoms with Crippen LogP contribution in [0.4, 0.5) is 15.9 Å². The quantitative estimate of drug-likeness (QED) is 0.511. The normalized spacial score (nSPS) is 13.5. The van der Waals surface area contributed by atoms with Crippen molar-refractivity contribution in [2.75, 3.05) is 5.73 Å². The largest absolute Gasteiger partial charge is 0.506 e. The van der Waals surface area contributed by atoms with Crippen LogP contribution in [0, 0.1) is 12.4 Å². The number of hydrogen-bond donors (Lipinski definition) is 2. The monoisotopic (exact) mass is 386 g/mol. The standard InChI is InChI=1S/C21H15FN6O/c1-24-15-8-13(9-16(29)18(15)22)19-17-20(23)25-10-26-21(17)28(27-19)14-6-11-4-2-3-5-12(11)7-14/h2-5,8-10,14,29H,6-7H2,(H2,23,25,26). The number of halogens is 1. The maximum absolute atomic E-state index is 14.0. The van der Waals surface area contributed by atoms with Crippen molar-refractivity contribution in [1.29, 1.82) is 0 Å². The fraction of sp³-hybridized carbons (Fsp3) is 0.143. The number of rotatable bonds is 2. The van der Waals surface area contributed by atoms with E-state index in [0.29, 0.717) is 22.3 Å². The number of fused-ring (bicyclic) bond motifs is 2. The number of hydrogen-bond acceptors (Lipinski definition) is 5. The van der Waals surface area contributed by atoms with Gasteiger partial charge in [-0.15, -0.1) is 0 Å². The topological polar surface area (TPSA) is 94.2 Å². The Morgan fingerprint density at radius 3 is 2.59 bits per heavy atom. The number of nitrogens with zero attached hydrogens (tertiary/aromatic N) is 5. The van der Waals surface area contributed by atoms with E-state index in [1.165, 1.54) is 29.6 Å². The first kappa shape index (κ1) is 17.1. The van der Waals surface area contributed by atoms with Crippen molar-refractivity contribution in [2.24, 2.45) is 0 Å². The average molecular weight is 386 g/mol. The maximum atomic E-state index is 14.0. The predicted octanol–water partition coefficient (Wildman–Crippen LogP) is 3.81. The van der Waals surface area contributed by atoms with Crippen molar-refractivity contribution in [3.8, 4) is 17.0 Å². The summed E-state index contributed by atoms with van der Waals surface area (Å²) in [5.41, 5.74) is 9.73. The highest BCUT2D eigenvalue weighted by molar-refractivity contribution is 5.99. The summed E-state index contributed by atoms with van der Waals surface area (Å²) in [5, 5.41) is 15.2. The van der Waals surface area contributed by atoms with Gasteiger partial charge in [0, 0.05) is 0 Å². The van der Waals surface area contributed by atoms with Crippen molar-refractivity contribution in [2.45, 2.75) is 18.9 Å². The first-order chi connectivity index (χ1) is 14.1. The lowest BCUT2D eigenvalue weighted by molar-refractivity contribution is 0.434. The molecule has 4 aromatic rings. The lowest BCUT2D eigenvalue weighted by Crippen LogP contribution is -2.11. The molecule has 0 spiro atoms. The summed E-state index contributed by atoms with van der Waals surface area (Å²) in [6, 6.07) is 10.9. The minimum atomic E-state index is -0.956. The van der Waals surface area contributed by atoms with Gasteiger partial charge < -0.3 is 10.8 Å². The van der Waals surface area contributed by atoms with Gasteiger partial charge >= 0.3 is 0 Å². The van der Waals surface area contributed by atoms with Gasteiger partial charge in [-0.3, -0.25) is 0 Å². The summed E-state index contributed by atoms with van der Waals surface area (Å²) in [6.07, 6.45) is 2.99. The van der Waals surface area contributed by atoms with E-state index in [-0.39, 0.29) is 17.5 Å². The molecule has 0 radical (unpaired) electrons. The molecule has 0 saturated carbocycles. The minimum Gasteiger partial charge on any atom is -0.506 e. The first-order valence-corrected chi connectivity index (χ1v) is 9.02. The van der Waals surface area contributed by atoms with Gasteiger partial charge in [-0.25, -0.2) is 23.9 Å². The van der Waals surface area contributed by atoms with Crippen LogP contribution in [0.15, 0.2) is 42.7 Å². The summed E-state index contributed by atoms with van der Waals surface area (Å²) in [5.74, 6) is -1.33. The number of anilines is 1. The summed E-state index contributed by atoms with van der Waals surface area (Å²) in [7, 11) is 0. The molecule has 7 nitrogen and oxygen atoms in total. The summed E-state index contributed by atoms with van der Waals surface area (Å²) in [6.45, 7) is 7.16. The van der Waals surface area contributed by atoms with Gasteiger partial charge in [0.05, 0.1) is 18.0 Å². The second kappa shape index (κ2) is 6.27. The molecule has 5 rings (SSSR count). The molecule has 2 aromatic carbocycles. The zero-order valence-electron chi connectivity index (χ0n) is 15.2. The minimum absolute atomic E-state index is 0.0485. The molecule has 2 aromatic heterocycles. The molecule has 2 heterocycles. The van der Waals surface area contributed by atoms with Crippen LogP contribution in [0.2, 0.25) is 0 Å². The van der Waals surface area contributed by atoms with Crippen LogP contribution < -0.4 is 5.73 Å². The second-order valence-electron chi connectivity index (χ2n) is 7.02. The molecule has 0 saturated heterocycles. The molecule has 8 heteroatoms. The summed E-state index contributed by atoms with van der Waals surface area (Å²) in [4.78, 5) is 11.6. The van der Waals surface area contributed by atoms with E-state index in [1.807, 2.05) is 16.8 Å². The third-order valence-corrected chi connectivity index (χ3v) is 5.32. The summed E-state index contributed by atoms with van der Waals surface area (Å²) >= 11 is 0. The lowest BCUT2D eigenvalue weighted by Gasteiger charge is -2.10. The molecular formula is C21H15FN6O. The van der Waals surface area contributed by atoms with Crippen LogP contribution in [-0.2, 0) is 12.8 Å². The molecule has 0 aliphatic heterocycles. The lowest BCUT2D eigenvalue weighted by atomic mass is 10.1. The molecule has 0 amide bonds. The van der Waals surface area contributed by atoms with E-state index in [9.17, 15) is 9.50 Å². The number of aromatic hydroxyl groups is 1. The Hall–Kier alpha value is -3.99. The number of benzene rings is 2. The Bertz CT molecular complexity index is 1300. The Kier molecular flexibility index (Phi) is 3.71. The molecule has 0 unspecified atom stereocenters. The highest BCUT2D eigenvalue weighted by Crippen LogP contribution is 2.39. The molecule has 0 atom stereocenters. The Morgan fingerprint density at radius 1 is 1.17 bits per heavy atom. The first-order valence-electron chi connectivity index (χ1n) is 9.02. The van der Waals surface area contributed by atoms with Gasteiger partial charge in [0.1, 0.15) is 23.6 Å². The molecule has 1 aliphatic rings. The van der Waals surface area contributed by atoms with E-state index in [0.717, 1.165) is 12.8 Å². The maximum Gasteiger partial charge on any atom is 0.226 e. The molecular weight excluding hydrogens is 371 g/mol. The van der Waals surface area contributed by atoms with Crippen molar-refractivity contribution >= 4 is 22.5 Å². The van der Waals surface area contributed by atoms with E-state index in [1.54, 1.807) is 0 Å². The van der Waals surface area contributed by atoms with Gasteiger partial charge in [-0.1, -0.05) is 24.3 Å². The van der Waals surface area contributed by atoms with Crippen molar-refractivity contribution in [3.63, 3.8) is 0 Å². The van der Waals surface area contributed by atoms with Crippen LogP contribution in [0.3, 0.4) is 0 Å². The van der Waals surface area contributed by atoms with E-state index in [2.05, 4.69) is 26.9 Å². The SMILES string of the molecule is [C-]#[N+]c1cc(-c2nn(C3Cc4ccccc4C3)c3ncnc(N)c23)cc(O)c1F. The van der Waals surface area contributed by atoms with Gasteiger partial charge in [0.15, 0.2) is 11.5 Å². The van der Waals surface area contributed by atoms with E-state index >= 15 is 0 Å². The third-order valence-electron chi connectivity index (χ3n) is 5.32. The number of phenolic OH excluding ortho intramolecular Hbond substituents is 1. The molecule has 142 valence electrons. The molecule has 29 heavy (non-hydrogen) atoms. The smallest absolute Gasteiger partial charge is 0.226 e. The van der Waals surface area contributed by atoms with Crippen LogP contribution >= 0.6 is 0 Å². The van der Waals surface area contributed by atoms with Crippen LogP contribution in [0.25, 0.3) is 27.1 Å². The fourth-order valence-electron chi connectivity index (χ4n) is 3.97. The summed E-state index contributed by atoms with van der Waals surface area (Å²) < 4.78 is 15.8. The molecule has 0 bridgehead atoms. The Morgan fingerprint density at radius 2 is 1.90 bits per heavy atom. The van der Waals surface area contributed by atoms with Crippen LogP contribution in [-0.4, -0.2) is 24.9 Å². The van der Waals surface area contributed by atoms with Gasteiger partial charge in [0.25, 0.3) is 0 Å². The van der Waals surface area contributed by atoms with Crippen LogP contribution in [0.1, 0.15) is 17.2 Å². The Balaban J connectivity index is 1.71. The van der Waals surface area contributed by atoms with Gasteiger partial charge in [-0.2, -0.15) is 5.10 Å². The molecule has 3 N–H and O–H groups in total. The van der Waals surface area contributed by atoms with E-state index in [4.69, 9.17) is 17.4 Å². The van der Waals surface area contributed by atoms with E-state index < -0.39 is 11.6 Å². The molecule has 0 fully saturated rings. The van der Waals surface area contributed by atoms with Crippen molar-refractivity contribution in [3.05, 3.63) is 71.1 Å². The predicted molar refractivity (Wildman–Crippen MR) is 106 cm³/mol. The average Bonchev–Trinajstić information content (AvgIpc) is 3.32. The van der Waals surface area contributed by atoms with Crippen molar-refractivity contribution in [1.82, 2.24) is 19.7 Å². The zero-order chi connectivity index (χ0) is 20.1. The molecule has 1 aliphatic carbocycles. The second-order valence-corrected chi connectivity index (χ2v) is 7.02. The number of nitrogens with two attached hydrogens (primary N) is 1. The Labute approximate surface area is 165 Å².